The number of thioether (sulfide) groups is 1. The number of aromatic nitrogens is 2. The molecule has 1 unspecified atom stereocenters. The van der Waals surface area contributed by atoms with Crippen LogP contribution < -0.4 is 0 Å². The maximum absolute atomic E-state index is 13.5. The maximum atomic E-state index is 13.5. The second kappa shape index (κ2) is 7.11. The number of amides is 1. The summed E-state index contributed by atoms with van der Waals surface area (Å²) in [6.07, 6.45) is 1.65. The van der Waals surface area contributed by atoms with Crippen molar-refractivity contribution in [3.05, 3.63) is 77.4 Å². The van der Waals surface area contributed by atoms with Gasteiger partial charge in [-0.15, -0.1) is 11.8 Å². The van der Waals surface area contributed by atoms with Crippen LogP contribution in [0.15, 0.2) is 48.7 Å². The fourth-order valence-electron chi connectivity index (χ4n) is 2.98. The summed E-state index contributed by atoms with van der Waals surface area (Å²) in [4.78, 5) is 21.4. The molecule has 1 N–H and O–H groups in total. The Hall–Kier alpha value is -2.74. The second-order valence-electron chi connectivity index (χ2n) is 6.11. The molecule has 27 heavy (non-hydrogen) atoms. The van der Waals surface area contributed by atoms with Gasteiger partial charge in [-0.05, 0) is 17.7 Å². The van der Waals surface area contributed by atoms with E-state index in [-0.39, 0.29) is 29.1 Å². The van der Waals surface area contributed by atoms with Crippen LogP contribution in [0.1, 0.15) is 16.6 Å². The Morgan fingerprint density at radius 2 is 1.85 bits per heavy atom. The number of hydrogen-bond donors (Lipinski definition) is 1. The van der Waals surface area contributed by atoms with E-state index < -0.39 is 17.5 Å². The van der Waals surface area contributed by atoms with Crippen molar-refractivity contribution in [2.75, 3.05) is 5.75 Å². The summed E-state index contributed by atoms with van der Waals surface area (Å²) in [5, 5.41) is -0.362. The van der Waals surface area contributed by atoms with Crippen LogP contribution in [-0.4, -0.2) is 26.5 Å². The highest BCUT2D eigenvalue weighted by Crippen LogP contribution is 2.39. The number of nitrogens with zero attached hydrogens (tertiary/aromatic N) is 2. The van der Waals surface area contributed by atoms with Gasteiger partial charge in [0.1, 0.15) is 11.2 Å². The normalized spacial score (nSPS) is 16.9. The molecule has 1 atom stereocenters. The summed E-state index contributed by atoms with van der Waals surface area (Å²) in [5.41, 5.74) is 1.81. The molecule has 0 saturated carbocycles. The summed E-state index contributed by atoms with van der Waals surface area (Å²) in [5.74, 6) is -3.30. The van der Waals surface area contributed by atoms with Crippen LogP contribution >= 0.6 is 11.8 Å². The van der Waals surface area contributed by atoms with Crippen molar-refractivity contribution in [2.45, 2.75) is 11.9 Å². The Kier molecular flexibility index (Phi) is 4.65. The number of benzene rings is 2. The molecule has 1 aliphatic rings. The highest BCUT2D eigenvalue weighted by atomic mass is 32.2. The van der Waals surface area contributed by atoms with E-state index in [2.05, 4.69) is 9.97 Å². The number of carbonyl (C=O) groups excluding carboxylic acids is 1. The van der Waals surface area contributed by atoms with Gasteiger partial charge in [-0.3, -0.25) is 4.79 Å². The zero-order chi connectivity index (χ0) is 19.0. The SMILES string of the molecule is O=C1CSC(c2cnc(-c3ccccc3)[nH]2)N1Cc1cc(F)c(F)c(F)c1. The molecule has 2 aromatic carbocycles. The van der Waals surface area contributed by atoms with Crippen LogP contribution in [0.2, 0.25) is 0 Å². The number of halogens is 3. The molecule has 0 radical (unpaired) electrons. The van der Waals surface area contributed by atoms with Crippen molar-refractivity contribution in [1.82, 2.24) is 14.9 Å². The largest absolute Gasteiger partial charge is 0.339 e. The first-order chi connectivity index (χ1) is 13.0. The molecule has 8 heteroatoms. The standard InChI is InChI=1S/C19H14F3N3OS/c20-13-6-11(7-14(21)17(13)22)9-25-16(26)10-27-19(25)15-8-23-18(24-15)12-4-2-1-3-5-12/h1-8,19H,9-10H2,(H,23,24). The fraction of sp³-hybridized carbons (Fsp3) is 0.158. The van der Waals surface area contributed by atoms with Gasteiger partial charge in [-0.1, -0.05) is 30.3 Å². The highest BCUT2D eigenvalue weighted by Gasteiger charge is 2.34. The van der Waals surface area contributed by atoms with Crippen molar-refractivity contribution in [1.29, 1.82) is 0 Å². The lowest BCUT2D eigenvalue weighted by Crippen LogP contribution is -2.28. The molecule has 1 amide bonds. The smallest absolute Gasteiger partial charge is 0.234 e. The molecule has 0 spiro atoms. The Labute approximate surface area is 157 Å². The molecule has 4 nitrogen and oxygen atoms in total. The highest BCUT2D eigenvalue weighted by molar-refractivity contribution is 8.00. The van der Waals surface area contributed by atoms with Gasteiger partial charge >= 0.3 is 0 Å². The zero-order valence-corrected chi connectivity index (χ0v) is 14.8. The molecule has 0 aliphatic carbocycles. The fourth-order valence-corrected chi connectivity index (χ4v) is 4.12. The van der Waals surface area contributed by atoms with Gasteiger partial charge in [0.15, 0.2) is 17.5 Å². The monoisotopic (exact) mass is 389 g/mol. The Balaban J connectivity index is 1.60. The van der Waals surface area contributed by atoms with E-state index in [1.165, 1.54) is 16.7 Å². The van der Waals surface area contributed by atoms with Gasteiger partial charge in [0.2, 0.25) is 5.91 Å². The number of H-pyrrole nitrogens is 1. The lowest BCUT2D eigenvalue weighted by atomic mass is 10.2. The summed E-state index contributed by atoms with van der Waals surface area (Å²) in [6, 6.07) is 11.4. The van der Waals surface area contributed by atoms with E-state index in [1.807, 2.05) is 30.3 Å². The molecular formula is C19H14F3N3OS. The van der Waals surface area contributed by atoms with Crippen LogP contribution in [0.4, 0.5) is 13.2 Å². The molecule has 3 aromatic rings. The first-order valence-corrected chi connectivity index (χ1v) is 9.22. The third kappa shape index (κ3) is 3.44. The van der Waals surface area contributed by atoms with Gasteiger partial charge in [0.25, 0.3) is 0 Å². The first kappa shape index (κ1) is 17.7. The van der Waals surface area contributed by atoms with Gasteiger partial charge in [-0.25, -0.2) is 18.2 Å². The van der Waals surface area contributed by atoms with E-state index in [0.29, 0.717) is 11.5 Å². The minimum absolute atomic E-state index is 0.0235. The number of imidazole rings is 1. The number of carbonyl (C=O) groups is 1. The number of rotatable bonds is 4. The summed E-state index contributed by atoms with van der Waals surface area (Å²) in [6.45, 7) is -0.0235. The molecule has 0 bridgehead atoms. The topological polar surface area (TPSA) is 49.0 Å². The quantitative estimate of drug-likeness (QED) is 0.678. The number of nitrogens with one attached hydrogen (secondary N) is 1. The summed E-state index contributed by atoms with van der Waals surface area (Å²) >= 11 is 1.39. The third-order valence-corrected chi connectivity index (χ3v) is 5.51. The molecule has 1 aliphatic heterocycles. The van der Waals surface area contributed by atoms with Crippen molar-refractivity contribution in [2.24, 2.45) is 0 Å². The lowest BCUT2D eigenvalue weighted by molar-refractivity contribution is -0.128. The minimum Gasteiger partial charge on any atom is -0.339 e. The molecule has 1 saturated heterocycles. The molecule has 4 rings (SSSR count). The van der Waals surface area contributed by atoms with Crippen molar-refractivity contribution < 1.29 is 18.0 Å². The Bertz CT molecular complexity index is 970. The van der Waals surface area contributed by atoms with Crippen LogP contribution in [-0.2, 0) is 11.3 Å². The molecular weight excluding hydrogens is 375 g/mol. The molecule has 1 fully saturated rings. The minimum atomic E-state index is -1.52. The molecule has 138 valence electrons. The first-order valence-electron chi connectivity index (χ1n) is 8.18. The average molecular weight is 389 g/mol. The third-order valence-electron chi connectivity index (χ3n) is 4.27. The molecule has 1 aromatic heterocycles. The van der Waals surface area contributed by atoms with Crippen molar-refractivity contribution >= 4 is 17.7 Å². The number of aromatic amines is 1. The van der Waals surface area contributed by atoms with Crippen LogP contribution in [0, 0.1) is 17.5 Å². The van der Waals surface area contributed by atoms with E-state index in [9.17, 15) is 18.0 Å². The summed E-state index contributed by atoms with van der Waals surface area (Å²) < 4.78 is 40.1. The van der Waals surface area contributed by atoms with Gasteiger partial charge < -0.3 is 9.88 Å². The van der Waals surface area contributed by atoms with Crippen molar-refractivity contribution in [3.8, 4) is 11.4 Å². The predicted molar refractivity (Wildman–Crippen MR) is 96.1 cm³/mol. The Morgan fingerprint density at radius 3 is 2.56 bits per heavy atom. The zero-order valence-electron chi connectivity index (χ0n) is 14.0. The maximum Gasteiger partial charge on any atom is 0.234 e. The predicted octanol–water partition coefficient (Wildman–Crippen LogP) is 4.27. The van der Waals surface area contributed by atoms with E-state index in [1.54, 1.807) is 6.20 Å². The van der Waals surface area contributed by atoms with Crippen LogP contribution in [0.3, 0.4) is 0 Å². The number of hydrogen-bond acceptors (Lipinski definition) is 3. The van der Waals surface area contributed by atoms with Crippen molar-refractivity contribution in [3.63, 3.8) is 0 Å². The van der Waals surface area contributed by atoms with E-state index in [4.69, 9.17) is 0 Å². The van der Waals surface area contributed by atoms with E-state index >= 15 is 0 Å². The van der Waals surface area contributed by atoms with Crippen LogP contribution in [0.5, 0.6) is 0 Å². The lowest BCUT2D eigenvalue weighted by Gasteiger charge is -2.23. The Morgan fingerprint density at radius 1 is 1.15 bits per heavy atom. The second-order valence-corrected chi connectivity index (χ2v) is 7.18. The van der Waals surface area contributed by atoms with Gasteiger partial charge in [0.05, 0.1) is 17.6 Å². The van der Waals surface area contributed by atoms with Gasteiger partial charge in [-0.2, -0.15) is 0 Å². The van der Waals surface area contributed by atoms with Gasteiger partial charge in [0, 0.05) is 12.1 Å². The average Bonchev–Trinajstić information content (AvgIpc) is 3.28. The molecule has 2 heterocycles. The van der Waals surface area contributed by atoms with E-state index in [0.717, 1.165) is 17.7 Å². The van der Waals surface area contributed by atoms with Crippen LogP contribution in [0.25, 0.3) is 11.4 Å². The summed E-state index contributed by atoms with van der Waals surface area (Å²) in [7, 11) is 0.